The molecule has 35 heavy (non-hydrogen) atoms. The molecule has 0 aliphatic carbocycles. The van der Waals surface area contributed by atoms with Crippen LogP contribution in [0.5, 0.6) is 11.6 Å². The van der Waals surface area contributed by atoms with Gasteiger partial charge in [0.1, 0.15) is 12.4 Å². The minimum Gasteiger partial charge on any atom is -0.497 e. The zero-order valence-electron chi connectivity index (χ0n) is 20.3. The Hall–Kier alpha value is -4.13. The quantitative estimate of drug-likeness (QED) is 0.377. The van der Waals surface area contributed by atoms with E-state index in [0.717, 1.165) is 38.9 Å². The summed E-state index contributed by atoms with van der Waals surface area (Å²) in [6.45, 7) is 6.57. The van der Waals surface area contributed by atoms with Gasteiger partial charge in [0.25, 0.3) is 5.91 Å². The van der Waals surface area contributed by atoms with E-state index in [2.05, 4.69) is 41.4 Å². The highest BCUT2D eigenvalue weighted by Crippen LogP contribution is 2.40. The Morgan fingerprint density at radius 3 is 2.69 bits per heavy atom. The summed E-state index contributed by atoms with van der Waals surface area (Å²) in [7, 11) is 1.62. The molecule has 4 aromatic rings. The van der Waals surface area contributed by atoms with Crippen LogP contribution in [-0.4, -0.2) is 27.8 Å². The SMILES string of the molecule is CC/C(C(=O)Nc1ccc(OC)cc1)=C1\c2cc3cnn(C(C)C)c3cc2COc2ncccc21. The number of hydrogen-bond donors (Lipinski definition) is 1. The van der Waals surface area contributed by atoms with Crippen LogP contribution >= 0.6 is 0 Å². The van der Waals surface area contributed by atoms with Crippen molar-refractivity contribution >= 4 is 28.1 Å². The Bertz CT molecular complexity index is 1430. The van der Waals surface area contributed by atoms with Gasteiger partial charge >= 0.3 is 0 Å². The van der Waals surface area contributed by atoms with E-state index < -0.39 is 0 Å². The number of rotatable bonds is 5. The first kappa shape index (κ1) is 22.7. The van der Waals surface area contributed by atoms with Crippen molar-refractivity contribution in [1.82, 2.24) is 14.8 Å². The molecule has 1 aliphatic rings. The highest BCUT2D eigenvalue weighted by molar-refractivity contribution is 6.12. The van der Waals surface area contributed by atoms with Crippen LogP contribution in [0, 0.1) is 0 Å². The van der Waals surface area contributed by atoms with E-state index in [0.29, 0.717) is 30.2 Å². The fourth-order valence-corrected chi connectivity index (χ4v) is 4.54. The number of ether oxygens (including phenoxy) is 2. The molecule has 7 heteroatoms. The predicted octanol–water partition coefficient (Wildman–Crippen LogP) is 5.76. The zero-order valence-corrected chi connectivity index (χ0v) is 20.3. The lowest BCUT2D eigenvalue weighted by Gasteiger charge is -2.17. The van der Waals surface area contributed by atoms with Gasteiger partial charge in [-0.3, -0.25) is 9.48 Å². The first-order valence-electron chi connectivity index (χ1n) is 11.8. The maximum Gasteiger partial charge on any atom is 0.252 e. The first-order valence-corrected chi connectivity index (χ1v) is 11.8. The van der Waals surface area contributed by atoms with Crippen LogP contribution in [0.2, 0.25) is 0 Å². The molecule has 0 spiro atoms. The third-order valence-corrected chi connectivity index (χ3v) is 6.26. The van der Waals surface area contributed by atoms with Crippen molar-refractivity contribution in [2.24, 2.45) is 0 Å². The number of benzene rings is 2. The predicted molar refractivity (Wildman–Crippen MR) is 137 cm³/mol. The number of carbonyl (C=O) groups excluding carboxylic acids is 1. The number of anilines is 1. The first-order chi connectivity index (χ1) is 17.0. The van der Waals surface area contributed by atoms with Gasteiger partial charge < -0.3 is 14.8 Å². The second-order valence-corrected chi connectivity index (χ2v) is 8.79. The number of amides is 1. The lowest BCUT2D eigenvalue weighted by Crippen LogP contribution is -2.16. The van der Waals surface area contributed by atoms with Gasteiger partial charge in [0, 0.05) is 40.0 Å². The maximum atomic E-state index is 13.6. The van der Waals surface area contributed by atoms with Crippen LogP contribution in [0.15, 0.2) is 66.5 Å². The van der Waals surface area contributed by atoms with E-state index in [1.165, 1.54) is 0 Å². The van der Waals surface area contributed by atoms with E-state index in [1.807, 2.05) is 54.2 Å². The number of aromatic nitrogens is 3. The van der Waals surface area contributed by atoms with Gasteiger partial charge in [-0.15, -0.1) is 0 Å². The number of nitrogens with one attached hydrogen (secondary N) is 1. The fourth-order valence-electron chi connectivity index (χ4n) is 4.54. The van der Waals surface area contributed by atoms with Crippen molar-refractivity contribution in [3.8, 4) is 11.6 Å². The van der Waals surface area contributed by atoms with Gasteiger partial charge in [0.15, 0.2) is 0 Å². The Labute approximate surface area is 204 Å². The molecule has 1 amide bonds. The molecule has 0 radical (unpaired) electrons. The molecule has 5 rings (SSSR count). The number of hydrogen-bond acceptors (Lipinski definition) is 5. The van der Waals surface area contributed by atoms with E-state index in [4.69, 9.17) is 9.47 Å². The van der Waals surface area contributed by atoms with Gasteiger partial charge in [-0.2, -0.15) is 5.10 Å². The average molecular weight is 469 g/mol. The molecule has 0 bridgehead atoms. The number of methoxy groups -OCH3 is 1. The van der Waals surface area contributed by atoms with Crippen LogP contribution in [0.1, 0.15) is 49.9 Å². The third-order valence-electron chi connectivity index (χ3n) is 6.26. The monoisotopic (exact) mass is 468 g/mol. The Morgan fingerprint density at radius 2 is 1.97 bits per heavy atom. The molecule has 1 aliphatic heterocycles. The smallest absolute Gasteiger partial charge is 0.252 e. The summed E-state index contributed by atoms with van der Waals surface area (Å²) in [5.41, 5.74) is 6.02. The lowest BCUT2D eigenvalue weighted by molar-refractivity contribution is -0.112. The van der Waals surface area contributed by atoms with E-state index >= 15 is 0 Å². The van der Waals surface area contributed by atoms with Gasteiger partial charge in [0.2, 0.25) is 5.88 Å². The van der Waals surface area contributed by atoms with Crippen LogP contribution in [0.4, 0.5) is 5.69 Å². The van der Waals surface area contributed by atoms with Crippen molar-refractivity contribution in [1.29, 1.82) is 0 Å². The van der Waals surface area contributed by atoms with Crippen molar-refractivity contribution in [3.63, 3.8) is 0 Å². The number of pyridine rings is 1. The molecular weight excluding hydrogens is 440 g/mol. The van der Waals surface area contributed by atoms with Crippen LogP contribution < -0.4 is 14.8 Å². The molecule has 0 unspecified atom stereocenters. The summed E-state index contributed by atoms with van der Waals surface area (Å²) >= 11 is 0. The normalized spacial score (nSPS) is 14.1. The van der Waals surface area contributed by atoms with E-state index in [9.17, 15) is 4.79 Å². The molecule has 1 N–H and O–H groups in total. The van der Waals surface area contributed by atoms with Crippen LogP contribution in [0.25, 0.3) is 16.5 Å². The minimum absolute atomic E-state index is 0.159. The summed E-state index contributed by atoms with van der Waals surface area (Å²) in [5.74, 6) is 1.10. The average Bonchev–Trinajstić information content (AvgIpc) is 3.22. The highest BCUT2D eigenvalue weighted by atomic mass is 16.5. The molecule has 2 aromatic heterocycles. The fraction of sp³-hybridized carbons (Fsp3) is 0.250. The largest absolute Gasteiger partial charge is 0.497 e. The van der Waals surface area contributed by atoms with Crippen molar-refractivity contribution < 1.29 is 14.3 Å². The molecule has 0 saturated heterocycles. The molecule has 0 saturated carbocycles. The summed E-state index contributed by atoms with van der Waals surface area (Å²) in [6, 6.07) is 15.6. The topological polar surface area (TPSA) is 78.3 Å². The van der Waals surface area contributed by atoms with Crippen molar-refractivity contribution in [2.45, 2.75) is 39.8 Å². The lowest BCUT2D eigenvalue weighted by atomic mass is 9.89. The van der Waals surface area contributed by atoms with Crippen LogP contribution in [0.3, 0.4) is 0 Å². The van der Waals surface area contributed by atoms with E-state index in [-0.39, 0.29) is 11.9 Å². The number of nitrogens with zero attached hydrogens (tertiary/aromatic N) is 3. The summed E-state index contributed by atoms with van der Waals surface area (Å²) in [4.78, 5) is 18.1. The second kappa shape index (κ2) is 9.25. The highest BCUT2D eigenvalue weighted by Gasteiger charge is 2.26. The molecule has 2 aromatic carbocycles. The number of carbonyl (C=O) groups is 1. The maximum absolute atomic E-state index is 13.6. The number of fused-ring (bicyclic) bond motifs is 3. The molecule has 3 heterocycles. The van der Waals surface area contributed by atoms with Crippen molar-refractivity contribution in [2.75, 3.05) is 12.4 Å². The van der Waals surface area contributed by atoms with E-state index in [1.54, 1.807) is 13.3 Å². The molecule has 0 fully saturated rings. The zero-order chi connectivity index (χ0) is 24.5. The van der Waals surface area contributed by atoms with Gasteiger partial charge in [0.05, 0.1) is 18.8 Å². The molecule has 178 valence electrons. The minimum atomic E-state index is -0.159. The summed E-state index contributed by atoms with van der Waals surface area (Å²) < 4.78 is 13.4. The third kappa shape index (κ3) is 4.14. The summed E-state index contributed by atoms with van der Waals surface area (Å²) in [5, 5.41) is 8.66. The Balaban J connectivity index is 1.69. The molecule has 7 nitrogen and oxygen atoms in total. The Kier molecular flexibility index (Phi) is 5.99. The molecule has 0 atom stereocenters. The van der Waals surface area contributed by atoms with Crippen LogP contribution in [-0.2, 0) is 11.4 Å². The standard InChI is InChI=1S/C28H28N4O3/c1-5-22(27(33)31-20-8-10-21(34-4)11-9-20)26-23-7-6-12-29-28(23)35-16-19-14-25-18(13-24(19)26)15-30-32(25)17(2)3/h6-15,17H,5,16H2,1-4H3,(H,31,33)/b26-22+. The van der Waals surface area contributed by atoms with Gasteiger partial charge in [-0.05, 0) is 79.9 Å². The molecular formula is C28H28N4O3. The Morgan fingerprint density at radius 1 is 1.17 bits per heavy atom. The van der Waals surface area contributed by atoms with Gasteiger partial charge in [-0.1, -0.05) is 6.92 Å². The van der Waals surface area contributed by atoms with Crippen molar-refractivity contribution in [3.05, 3.63) is 83.2 Å². The summed E-state index contributed by atoms with van der Waals surface area (Å²) in [6.07, 6.45) is 4.13. The second-order valence-electron chi connectivity index (χ2n) is 8.79. The van der Waals surface area contributed by atoms with Gasteiger partial charge in [-0.25, -0.2) is 4.98 Å².